The van der Waals surface area contributed by atoms with Crippen LogP contribution < -0.4 is 0 Å². The minimum Gasteiger partial charge on any atom is -0.391 e. The van der Waals surface area contributed by atoms with Crippen molar-refractivity contribution in [3.8, 4) is 0 Å². The highest BCUT2D eigenvalue weighted by molar-refractivity contribution is 6.35. The lowest BCUT2D eigenvalue weighted by molar-refractivity contribution is 0.140. The summed E-state index contributed by atoms with van der Waals surface area (Å²) in [6, 6.07) is 5.39. The Labute approximate surface area is 115 Å². The molecule has 0 radical (unpaired) electrons. The molecule has 2 aromatic rings. The third-order valence-corrected chi connectivity index (χ3v) is 3.21. The van der Waals surface area contributed by atoms with Crippen LogP contribution in [0.3, 0.4) is 0 Å². The second kappa shape index (κ2) is 6.18. The van der Waals surface area contributed by atoms with Gasteiger partial charge in [-0.2, -0.15) is 5.10 Å². The van der Waals surface area contributed by atoms with Gasteiger partial charge in [-0.05, 0) is 30.5 Å². The summed E-state index contributed by atoms with van der Waals surface area (Å²) in [5.74, 6) is 0. The molecule has 0 bridgehead atoms. The van der Waals surface area contributed by atoms with Gasteiger partial charge in [-0.1, -0.05) is 29.3 Å². The fourth-order valence-electron chi connectivity index (χ4n) is 1.68. The predicted molar refractivity (Wildman–Crippen MR) is 70.8 cm³/mol. The average Bonchev–Trinajstić information content (AvgIpc) is 2.80. The number of halogens is 2. The maximum absolute atomic E-state index is 9.87. The molecule has 0 saturated carbocycles. The van der Waals surface area contributed by atoms with E-state index in [9.17, 15) is 5.11 Å². The van der Waals surface area contributed by atoms with Gasteiger partial charge in [0.1, 0.15) is 12.7 Å². The molecule has 0 amide bonds. The second-order valence-corrected chi connectivity index (χ2v) is 4.89. The number of aliphatic hydroxyl groups excluding tert-OH is 1. The number of aliphatic hydroxyl groups is 1. The molecule has 1 atom stereocenters. The molecule has 0 aliphatic carbocycles. The standard InChI is InChI=1S/C12H13Cl2N3O/c13-10-3-1-9(12(14)5-10)2-4-11(18)6-17-8-15-7-16-17/h1,3,5,7-8,11,18H,2,4,6H2. The first kappa shape index (κ1) is 13.3. The maximum atomic E-state index is 9.87. The Bertz CT molecular complexity index is 502. The molecular formula is C12H13Cl2N3O. The first-order chi connectivity index (χ1) is 8.65. The highest BCUT2D eigenvalue weighted by Gasteiger charge is 2.08. The van der Waals surface area contributed by atoms with E-state index in [2.05, 4.69) is 10.1 Å². The van der Waals surface area contributed by atoms with E-state index in [-0.39, 0.29) is 0 Å². The van der Waals surface area contributed by atoms with Gasteiger partial charge in [-0.3, -0.25) is 4.68 Å². The van der Waals surface area contributed by atoms with Gasteiger partial charge in [-0.25, -0.2) is 4.98 Å². The first-order valence-electron chi connectivity index (χ1n) is 5.59. The van der Waals surface area contributed by atoms with Crippen LogP contribution in [0.4, 0.5) is 0 Å². The Morgan fingerprint density at radius 1 is 1.33 bits per heavy atom. The van der Waals surface area contributed by atoms with Crippen LogP contribution in [0.2, 0.25) is 10.0 Å². The second-order valence-electron chi connectivity index (χ2n) is 4.05. The topological polar surface area (TPSA) is 50.9 Å². The normalized spacial score (nSPS) is 12.6. The summed E-state index contributed by atoms with van der Waals surface area (Å²) < 4.78 is 1.61. The Morgan fingerprint density at radius 3 is 2.83 bits per heavy atom. The molecule has 1 aromatic heterocycles. The van der Waals surface area contributed by atoms with Crippen molar-refractivity contribution in [1.29, 1.82) is 0 Å². The van der Waals surface area contributed by atoms with Gasteiger partial charge < -0.3 is 5.11 Å². The minimum atomic E-state index is -0.474. The Hall–Kier alpha value is -1.10. The van der Waals surface area contributed by atoms with Crippen LogP contribution in [-0.4, -0.2) is 26.0 Å². The van der Waals surface area contributed by atoms with Crippen molar-refractivity contribution in [2.24, 2.45) is 0 Å². The molecule has 6 heteroatoms. The van der Waals surface area contributed by atoms with E-state index in [0.29, 0.717) is 29.4 Å². The summed E-state index contributed by atoms with van der Waals surface area (Å²) in [7, 11) is 0. The van der Waals surface area contributed by atoms with Crippen molar-refractivity contribution in [1.82, 2.24) is 14.8 Å². The lowest BCUT2D eigenvalue weighted by atomic mass is 10.1. The number of benzene rings is 1. The number of hydrogen-bond donors (Lipinski definition) is 1. The summed E-state index contributed by atoms with van der Waals surface area (Å²) in [4.78, 5) is 3.82. The Morgan fingerprint density at radius 2 is 2.17 bits per heavy atom. The fraction of sp³-hybridized carbons (Fsp3) is 0.333. The van der Waals surface area contributed by atoms with Gasteiger partial charge in [0.05, 0.1) is 12.6 Å². The molecule has 0 saturated heterocycles. The zero-order valence-electron chi connectivity index (χ0n) is 9.63. The van der Waals surface area contributed by atoms with E-state index in [1.54, 1.807) is 23.1 Å². The summed E-state index contributed by atoms with van der Waals surface area (Å²) >= 11 is 11.9. The van der Waals surface area contributed by atoms with Crippen molar-refractivity contribution in [3.05, 3.63) is 46.5 Å². The quantitative estimate of drug-likeness (QED) is 0.919. The maximum Gasteiger partial charge on any atom is 0.137 e. The molecule has 0 aliphatic heterocycles. The van der Waals surface area contributed by atoms with E-state index in [1.165, 1.54) is 6.33 Å². The molecule has 1 aromatic carbocycles. The fourth-order valence-corrected chi connectivity index (χ4v) is 2.18. The number of rotatable bonds is 5. The van der Waals surface area contributed by atoms with Crippen LogP contribution >= 0.6 is 23.2 Å². The van der Waals surface area contributed by atoms with E-state index in [4.69, 9.17) is 23.2 Å². The zero-order chi connectivity index (χ0) is 13.0. The first-order valence-corrected chi connectivity index (χ1v) is 6.35. The number of nitrogens with zero attached hydrogens (tertiary/aromatic N) is 3. The highest BCUT2D eigenvalue weighted by Crippen LogP contribution is 2.22. The lowest BCUT2D eigenvalue weighted by Crippen LogP contribution is -2.17. The van der Waals surface area contributed by atoms with E-state index >= 15 is 0 Å². The van der Waals surface area contributed by atoms with E-state index in [0.717, 1.165) is 5.56 Å². The molecule has 96 valence electrons. The molecule has 2 rings (SSSR count). The number of aryl methyl sites for hydroxylation is 1. The summed E-state index contributed by atoms with van der Waals surface area (Å²) in [6.07, 6.45) is 3.87. The van der Waals surface area contributed by atoms with Crippen LogP contribution in [-0.2, 0) is 13.0 Å². The molecule has 4 nitrogen and oxygen atoms in total. The van der Waals surface area contributed by atoms with Gasteiger partial charge in [0, 0.05) is 10.0 Å². The monoisotopic (exact) mass is 285 g/mol. The predicted octanol–water partition coefficient (Wildman–Crippen LogP) is 2.58. The molecule has 0 spiro atoms. The summed E-state index contributed by atoms with van der Waals surface area (Å²) in [6.45, 7) is 0.436. The lowest BCUT2D eigenvalue weighted by Gasteiger charge is -2.11. The Kier molecular flexibility index (Phi) is 4.58. The Balaban J connectivity index is 1.87. The van der Waals surface area contributed by atoms with Gasteiger partial charge in [0.15, 0.2) is 0 Å². The molecular weight excluding hydrogens is 273 g/mol. The van der Waals surface area contributed by atoms with Crippen LogP contribution in [0, 0.1) is 0 Å². The molecule has 0 aliphatic rings. The van der Waals surface area contributed by atoms with Crippen LogP contribution in [0.1, 0.15) is 12.0 Å². The van der Waals surface area contributed by atoms with Crippen LogP contribution in [0.15, 0.2) is 30.9 Å². The average molecular weight is 286 g/mol. The zero-order valence-corrected chi connectivity index (χ0v) is 11.1. The van der Waals surface area contributed by atoms with Crippen molar-refractivity contribution < 1.29 is 5.11 Å². The van der Waals surface area contributed by atoms with Crippen LogP contribution in [0.25, 0.3) is 0 Å². The van der Waals surface area contributed by atoms with Crippen molar-refractivity contribution >= 4 is 23.2 Å². The van der Waals surface area contributed by atoms with Gasteiger partial charge in [-0.15, -0.1) is 0 Å². The SMILES string of the molecule is OC(CCc1ccc(Cl)cc1Cl)Cn1cncn1. The molecule has 0 fully saturated rings. The highest BCUT2D eigenvalue weighted by atomic mass is 35.5. The third kappa shape index (κ3) is 3.70. The smallest absolute Gasteiger partial charge is 0.137 e. The molecule has 1 heterocycles. The number of aromatic nitrogens is 3. The molecule has 18 heavy (non-hydrogen) atoms. The van der Waals surface area contributed by atoms with Crippen molar-refractivity contribution in [3.63, 3.8) is 0 Å². The summed E-state index contributed by atoms with van der Waals surface area (Å²) in [5.41, 5.74) is 0.985. The number of hydrogen-bond acceptors (Lipinski definition) is 3. The molecule has 1 unspecified atom stereocenters. The van der Waals surface area contributed by atoms with Crippen molar-refractivity contribution in [2.75, 3.05) is 0 Å². The van der Waals surface area contributed by atoms with E-state index in [1.807, 2.05) is 6.07 Å². The van der Waals surface area contributed by atoms with Crippen molar-refractivity contribution in [2.45, 2.75) is 25.5 Å². The minimum absolute atomic E-state index is 0.436. The van der Waals surface area contributed by atoms with Crippen LogP contribution in [0.5, 0.6) is 0 Å². The largest absolute Gasteiger partial charge is 0.391 e. The van der Waals surface area contributed by atoms with Gasteiger partial charge >= 0.3 is 0 Å². The van der Waals surface area contributed by atoms with Gasteiger partial charge in [0.25, 0.3) is 0 Å². The van der Waals surface area contributed by atoms with E-state index < -0.39 is 6.10 Å². The third-order valence-electron chi connectivity index (χ3n) is 2.63. The van der Waals surface area contributed by atoms with Gasteiger partial charge in [0.2, 0.25) is 0 Å². The molecule has 1 N–H and O–H groups in total. The summed E-state index contributed by atoms with van der Waals surface area (Å²) in [5, 5.41) is 15.1.